The molecule has 1 fully saturated rings. The van der Waals surface area contributed by atoms with Crippen LogP contribution in [0, 0.1) is 6.92 Å². The molecule has 0 bridgehead atoms. The quantitative estimate of drug-likeness (QED) is 0.630. The number of ether oxygens (including phenoxy) is 2. The first-order valence-corrected chi connectivity index (χ1v) is 10.4. The van der Waals surface area contributed by atoms with Gasteiger partial charge in [0.1, 0.15) is 11.5 Å². The van der Waals surface area contributed by atoms with Crippen molar-refractivity contribution in [3.63, 3.8) is 0 Å². The van der Waals surface area contributed by atoms with Crippen LogP contribution in [0.2, 0.25) is 0 Å². The second-order valence-electron chi connectivity index (χ2n) is 7.44. The number of hydrogen-bond acceptors (Lipinski definition) is 6. The highest BCUT2D eigenvalue weighted by Gasteiger charge is 2.25. The maximum absolute atomic E-state index is 12.9. The summed E-state index contributed by atoms with van der Waals surface area (Å²) in [7, 11) is 1.65. The first-order chi connectivity index (χ1) is 15.2. The Morgan fingerprint density at radius 1 is 1.13 bits per heavy atom. The number of nitrogens with one attached hydrogen (secondary N) is 1. The number of rotatable bonds is 7. The monoisotopic (exact) mass is 421 g/mol. The van der Waals surface area contributed by atoms with Gasteiger partial charge < -0.3 is 19.2 Å². The molecule has 1 aliphatic heterocycles. The predicted octanol–water partition coefficient (Wildman–Crippen LogP) is 3.46. The van der Waals surface area contributed by atoms with E-state index in [4.69, 9.17) is 13.9 Å². The normalized spacial score (nSPS) is 15.4. The molecule has 4 rings (SSSR count). The van der Waals surface area contributed by atoms with E-state index in [1.54, 1.807) is 14.0 Å². The molecular formula is C24H27N3O4. The van der Waals surface area contributed by atoms with Gasteiger partial charge in [0.05, 0.1) is 26.4 Å². The van der Waals surface area contributed by atoms with E-state index in [2.05, 4.69) is 15.2 Å². The van der Waals surface area contributed by atoms with Crippen LogP contribution >= 0.6 is 0 Å². The van der Waals surface area contributed by atoms with Gasteiger partial charge >= 0.3 is 0 Å². The van der Waals surface area contributed by atoms with Crippen LogP contribution in [-0.2, 0) is 4.74 Å². The van der Waals surface area contributed by atoms with Crippen LogP contribution in [0.5, 0.6) is 5.75 Å². The Morgan fingerprint density at radius 2 is 1.84 bits per heavy atom. The van der Waals surface area contributed by atoms with Gasteiger partial charge in [-0.1, -0.05) is 30.3 Å². The van der Waals surface area contributed by atoms with Crippen LogP contribution in [0.3, 0.4) is 0 Å². The number of aromatic nitrogens is 1. The van der Waals surface area contributed by atoms with Crippen LogP contribution in [0.25, 0.3) is 11.5 Å². The lowest BCUT2D eigenvalue weighted by atomic mass is 10.0. The van der Waals surface area contributed by atoms with Crippen molar-refractivity contribution in [3.8, 4) is 17.2 Å². The standard InChI is InChI=1S/C24H27N3O4/c1-17-22(26-24(31-17)19-6-4-3-5-7-19)23(28)25-16-21(27-12-14-30-15-13-27)18-8-10-20(29-2)11-9-18/h3-11,21H,12-16H2,1-2H3,(H,25,28). The molecule has 31 heavy (non-hydrogen) atoms. The van der Waals surface area contributed by atoms with Crippen LogP contribution < -0.4 is 10.1 Å². The van der Waals surface area contributed by atoms with Crippen molar-refractivity contribution in [2.45, 2.75) is 13.0 Å². The van der Waals surface area contributed by atoms with Gasteiger partial charge in [0.15, 0.2) is 5.69 Å². The molecule has 0 spiro atoms. The van der Waals surface area contributed by atoms with Crippen molar-refractivity contribution >= 4 is 5.91 Å². The third-order valence-electron chi connectivity index (χ3n) is 5.48. The lowest BCUT2D eigenvalue weighted by molar-refractivity contribution is 0.0162. The zero-order valence-corrected chi connectivity index (χ0v) is 17.8. The average molecular weight is 421 g/mol. The Morgan fingerprint density at radius 3 is 2.52 bits per heavy atom. The molecular weight excluding hydrogens is 394 g/mol. The average Bonchev–Trinajstić information content (AvgIpc) is 3.22. The van der Waals surface area contributed by atoms with Gasteiger partial charge in [-0.3, -0.25) is 9.69 Å². The fourth-order valence-corrected chi connectivity index (χ4v) is 3.76. The molecule has 1 atom stereocenters. The Bertz CT molecular complexity index is 995. The molecule has 1 aliphatic rings. The molecule has 2 heterocycles. The summed E-state index contributed by atoms with van der Waals surface area (Å²) in [5.41, 5.74) is 2.27. The van der Waals surface area contributed by atoms with E-state index in [0.29, 0.717) is 37.1 Å². The van der Waals surface area contributed by atoms with Gasteiger partial charge in [-0.2, -0.15) is 0 Å². The van der Waals surface area contributed by atoms with Crippen molar-refractivity contribution in [1.29, 1.82) is 0 Å². The molecule has 1 aromatic heterocycles. The summed E-state index contributed by atoms with van der Waals surface area (Å²) in [4.78, 5) is 19.7. The smallest absolute Gasteiger partial charge is 0.273 e. The minimum atomic E-state index is -0.241. The lowest BCUT2D eigenvalue weighted by Crippen LogP contribution is -2.44. The summed E-state index contributed by atoms with van der Waals surface area (Å²) in [5.74, 6) is 1.52. The van der Waals surface area contributed by atoms with E-state index in [0.717, 1.165) is 30.0 Å². The third kappa shape index (κ3) is 4.95. The predicted molar refractivity (Wildman–Crippen MR) is 117 cm³/mol. The molecule has 7 nitrogen and oxygen atoms in total. The van der Waals surface area contributed by atoms with E-state index in [-0.39, 0.29) is 11.9 Å². The van der Waals surface area contributed by atoms with Gasteiger partial charge in [-0.05, 0) is 36.8 Å². The fraction of sp³-hybridized carbons (Fsp3) is 0.333. The highest BCUT2D eigenvalue weighted by Crippen LogP contribution is 2.25. The first-order valence-electron chi connectivity index (χ1n) is 10.4. The molecule has 1 saturated heterocycles. The van der Waals surface area contributed by atoms with Crippen LogP contribution in [-0.4, -0.2) is 55.7 Å². The number of methoxy groups -OCH3 is 1. The van der Waals surface area contributed by atoms with Gasteiger partial charge in [-0.15, -0.1) is 0 Å². The second-order valence-corrected chi connectivity index (χ2v) is 7.44. The van der Waals surface area contributed by atoms with Crippen molar-refractivity contribution in [3.05, 3.63) is 71.6 Å². The van der Waals surface area contributed by atoms with Gasteiger partial charge in [-0.25, -0.2) is 4.98 Å². The zero-order chi connectivity index (χ0) is 21.6. The largest absolute Gasteiger partial charge is 0.497 e. The van der Waals surface area contributed by atoms with Crippen molar-refractivity contribution in [1.82, 2.24) is 15.2 Å². The molecule has 1 N–H and O–H groups in total. The van der Waals surface area contributed by atoms with E-state index in [1.807, 2.05) is 54.6 Å². The van der Waals surface area contributed by atoms with Crippen molar-refractivity contribution in [2.24, 2.45) is 0 Å². The summed E-state index contributed by atoms with van der Waals surface area (Å²) in [6.45, 7) is 5.21. The second kappa shape index (κ2) is 9.76. The van der Waals surface area contributed by atoms with E-state index >= 15 is 0 Å². The summed E-state index contributed by atoms with van der Waals surface area (Å²) in [5, 5.41) is 3.05. The number of amides is 1. The summed E-state index contributed by atoms with van der Waals surface area (Å²) < 4.78 is 16.5. The molecule has 1 amide bonds. The molecule has 0 saturated carbocycles. The maximum Gasteiger partial charge on any atom is 0.273 e. The maximum atomic E-state index is 12.9. The minimum Gasteiger partial charge on any atom is -0.497 e. The Balaban J connectivity index is 1.50. The topological polar surface area (TPSA) is 76.8 Å². The number of nitrogens with zero attached hydrogens (tertiary/aromatic N) is 2. The third-order valence-corrected chi connectivity index (χ3v) is 5.48. The van der Waals surface area contributed by atoms with Gasteiger partial charge in [0.25, 0.3) is 5.91 Å². The van der Waals surface area contributed by atoms with E-state index < -0.39 is 0 Å². The van der Waals surface area contributed by atoms with Crippen molar-refractivity contribution < 1.29 is 18.7 Å². The summed E-state index contributed by atoms with van der Waals surface area (Å²) >= 11 is 0. The number of oxazole rings is 1. The van der Waals surface area contributed by atoms with Gasteiger partial charge in [0, 0.05) is 25.2 Å². The zero-order valence-electron chi connectivity index (χ0n) is 17.8. The fourth-order valence-electron chi connectivity index (χ4n) is 3.76. The van der Waals surface area contributed by atoms with Crippen molar-refractivity contribution in [2.75, 3.05) is 40.0 Å². The number of carbonyl (C=O) groups excluding carboxylic acids is 1. The Hall–Kier alpha value is -3.16. The van der Waals surface area contributed by atoms with Crippen LogP contribution in [0.1, 0.15) is 27.9 Å². The molecule has 162 valence electrons. The molecule has 3 aromatic rings. The van der Waals surface area contributed by atoms with Gasteiger partial charge in [0.2, 0.25) is 5.89 Å². The lowest BCUT2D eigenvalue weighted by Gasteiger charge is -2.35. The number of hydrogen-bond donors (Lipinski definition) is 1. The summed E-state index contributed by atoms with van der Waals surface area (Å²) in [6.07, 6.45) is 0. The number of morpholine rings is 1. The highest BCUT2D eigenvalue weighted by atomic mass is 16.5. The first kappa shape index (κ1) is 21.1. The van der Waals surface area contributed by atoms with E-state index in [9.17, 15) is 4.79 Å². The Labute approximate surface area is 182 Å². The molecule has 7 heteroatoms. The van der Waals surface area contributed by atoms with Crippen LogP contribution in [0.15, 0.2) is 59.0 Å². The molecule has 0 radical (unpaired) electrons. The molecule has 2 aromatic carbocycles. The summed E-state index contributed by atoms with van der Waals surface area (Å²) in [6, 6.07) is 17.6. The number of carbonyl (C=O) groups is 1. The van der Waals surface area contributed by atoms with E-state index in [1.165, 1.54) is 0 Å². The highest BCUT2D eigenvalue weighted by molar-refractivity contribution is 5.93. The molecule has 1 unspecified atom stereocenters. The Kier molecular flexibility index (Phi) is 6.64. The SMILES string of the molecule is COc1ccc(C(CNC(=O)c2nc(-c3ccccc3)oc2C)N2CCOCC2)cc1. The number of aryl methyl sites for hydroxylation is 1. The molecule has 0 aliphatic carbocycles. The number of benzene rings is 2. The minimum absolute atomic E-state index is 0.0274. The van der Waals surface area contributed by atoms with Crippen LogP contribution in [0.4, 0.5) is 0 Å².